The van der Waals surface area contributed by atoms with E-state index < -0.39 is 0 Å². The first kappa shape index (κ1) is 17.9. The highest BCUT2D eigenvalue weighted by Gasteiger charge is 2.41. The minimum atomic E-state index is -0.281. The Morgan fingerprint density at radius 2 is 2.03 bits per heavy atom. The van der Waals surface area contributed by atoms with Crippen molar-refractivity contribution in [1.29, 1.82) is 0 Å². The van der Waals surface area contributed by atoms with Gasteiger partial charge >= 0.3 is 0 Å². The SMILES string of the molecule is CC(=O)N1CC2=C(C1=O)[C@@H](c1ccc3ncccc3c1)c1cn(C)c3cccc(c13)N2. The van der Waals surface area contributed by atoms with E-state index in [4.69, 9.17) is 0 Å². The molecule has 4 aromatic rings. The van der Waals surface area contributed by atoms with Crippen molar-refractivity contribution in [2.75, 3.05) is 11.9 Å². The predicted molar refractivity (Wildman–Crippen MR) is 120 cm³/mol. The Hall–Kier alpha value is -3.93. The van der Waals surface area contributed by atoms with Gasteiger partial charge in [0.2, 0.25) is 5.91 Å². The summed E-state index contributed by atoms with van der Waals surface area (Å²) < 4.78 is 2.10. The van der Waals surface area contributed by atoms with Crippen LogP contribution in [0.5, 0.6) is 0 Å². The van der Waals surface area contributed by atoms with E-state index in [1.165, 1.54) is 11.8 Å². The Kier molecular flexibility index (Phi) is 3.63. The zero-order chi connectivity index (χ0) is 21.3. The van der Waals surface area contributed by atoms with E-state index in [1.807, 2.05) is 43.4 Å². The second-order valence-corrected chi connectivity index (χ2v) is 8.21. The third kappa shape index (κ3) is 2.48. The molecule has 0 spiro atoms. The number of anilines is 1. The summed E-state index contributed by atoms with van der Waals surface area (Å²) >= 11 is 0. The summed E-state index contributed by atoms with van der Waals surface area (Å²) in [5.74, 6) is -0.750. The Labute approximate surface area is 178 Å². The van der Waals surface area contributed by atoms with Crippen LogP contribution in [0.3, 0.4) is 0 Å². The molecule has 6 nitrogen and oxygen atoms in total. The standard InChI is InChI=1S/C25H20N4O2/c1-14(30)29-13-20-24(25(29)31)22(16-8-9-18-15(11-16)5-4-10-26-18)17-12-28(2)21-7-3-6-19(27-20)23(17)21/h3-12,22,27H,13H2,1-2H3/t22-/m0/s1. The maximum atomic E-state index is 13.4. The van der Waals surface area contributed by atoms with E-state index in [0.29, 0.717) is 5.57 Å². The second-order valence-electron chi connectivity index (χ2n) is 8.21. The summed E-state index contributed by atoms with van der Waals surface area (Å²) in [6.45, 7) is 1.71. The van der Waals surface area contributed by atoms with Gasteiger partial charge in [-0.05, 0) is 41.5 Å². The van der Waals surface area contributed by atoms with Gasteiger partial charge in [-0.3, -0.25) is 19.5 Å². The van der Waals surface area contributed by atoms with Crippen LogP contribution in [0, 0.1) is 0 Å². The number of fused-ring (bicyclic) bond motifs is 1. The predicted octanol–water partition coefficient (Wildman–Crippen LogP) is 3.93. The number of amides is 2. The molecule has 0 fully saturated rings. The van der Waals surface area contributed by atoms with Crippen LogP contribution in [0.4, 0.5) is 5.69 Å². The average molecular weight is 408 g/mol. The Bertz CT molecular complexity index is 1460. The molecule has 2 aliphatic heterocycles. The molecule has 0 bridgehead atoms. The lowest BCUT2D eigenvalue weighted by Gasteiger charge is -2.20. The van der Waals surface area contributed by atoms with Crippen molar-refractivity contribution in [1.82, 2.24) is 14.5 Å². The third-order valence-electron chi connectivity index (χ3n) is 6.39. The first-order valence-corrected chi connectivity index (χ1v) is 10.3. The van der Waals surface area contributed by atoms with Crippen molar-refractivity contribution in [3.05, 3.63) is 83.3 Å². The number of benzene rings is 2. The number of carbonyl (C=O) groups excluding carboxylic acids is 2. The molecular formula is C25H20N4O2. The van der Waals surface area contributed by atoms with Crippen molar-refractivity contribution in [3.8, 4) is 0 Å². The molecule has 2 aromatic carbocycles. The largest absolute Gasteiger partial charge is 0.356 e. The van der Waals surface area contributed by atoms with E-state index in [1.54, 1.807) is 6.20 Å². The number of nitrogens with zero attached hydrogens (tertiary/aromatic N) is 3. The van der Waals surface area contributed by atoms with Crippen molar-refractivity contribution in [3.63, 3.8) is 0 Å². The summed E-state index contributed by atoms with van der Waals surface area (Å²) in [7, 11) is 2.02. The van der Waals surface area contributed by atoms with Crippen LogP contribution in [0.2, 0.25) is 0 Å². The van der Waals surface area contributed by atoms with Crippen molar-refractivity contribution in [2.24, 2.45) is 7.05 Å². The summed E-state index contributed by atoms with van der Waals surface area (Å²) in [5, 5.41) is 5.62. The number of imide groups is 1. The highest BCUT2D eigenvalue weighted by atomic mass is 16.2. The molecule has 0 saturated heterocycles. The van der Waals surface area contributed by atoms with Crippen LogP contribution in [0.25, 0.3) is 21.8 Å². The molecule has 2 aromatic heterocycles. The van der Waals surface area contributed by atoms with E-state index in [2.05, 4.69) is 33.2 Å². The summed E-state index contributed by atoms with van der Waals surface area (Å²) in [6.07, 6.45) is 3.88. The molecule has 6 rings (SSSR count). The lowest BCUT2D eigenvalue weighted by Crippen LogP contribution is -2.33. The quantitative estimate of drug-likeness (QED) is 0.518. The molecule has 0 aliphatic carbocycles. The minimum Gasteiger partial charge on any atom is -0.356 e. The van der Waals surface area contributed by atoms with Crippen LogP contribution in [-0.2, 0) is 16.6 Å². The highest BCUT2D eigenvalue weighted by molar-refractivity contribution is 6.11. The molecule has 31 heavy (non-hydrogen) atoms. The fraction of sp³-hybridized carbons (Fsp3) is 0.160. The molecule has 2 aliphatic rings. The van der Waals surface area contributed by atoms with Gasteiger partial charge < -0.3 is 9.88 Å². The van der Waals surface area contributed by atoms with Gasteiger partial charge in [0.1, 0.15) is 0 Å². The van der Waals surface area contributed by atoms with Gasteiger partial charge in [-0.2, -0.15) is 0 Å². The zero-order valence-electron chi connectivity index (χ0n) is 17.2. The summed E-state index contributed by atoms with van der Waals surface area (Å²) in [5.41, 5.74) is 6.48. The average Bonchev–Trinajstić information content (AvgIpc) is 3.22. The van der Waals surface area contributed by atoms with Crippen LogP contribution >= 0.6 is 0 Å². The Morgan fingerprint density at radius 1 is 1.16 bits per heavy atom. The van der Waals surface area contributed by atoms with Crippen LogP contribution < -0.4 is 5.32 Å². The number of pyridine rings is 1. The fourth-order valence-electron chi connectivity index (χ4n) is 4.99. The van der Waals surface area contributed by atoms with E-state index >= 15 is 0 Å². The summed E-state index contributed by atoms with van der Waals surface area (Å²) in [6, 6.07) is 16.2. The van der Waals surface area contributed by atoms with Gasteiger partial charge in [-0.1, -0.05) is 18.2 Å². The van der Waals surface area contributed by atoms with Gasteiger partial charge in [0.25, 0.3) is 5.91 Å². The molecule has 6 heteroatoms. The first-order valence-electron chi connectivity index (χ1n) is 10.3. The monoisotopic (exact) mass is 408 g/mol. The second kappa shape index (κ2) is 6.28. The van der Waals surface area contributed by atoms with Crippen molar-refractivity contribution < 1.29 is 9.59 Å². The maximum absolute atomic E-state index is 13.4. The van der Waals surface area contributed by atoms with Gasteiger partial charge in [0.15, 0.2) is 0 Å². The topological polar surface area (TPSA) is 67.2 Å². The van der Waals surface area contributed by atoms with Crippen molar-refractivity contribution in [2.45, 2.75) is 12.8 Å². The van der Waals surface area contributed by atoms with Crippen LogP contribution in [0.1, 0.15) is 24.0 Å². The number of rotatable bonds is 1. The van der Waals surface area contributed by atoms with E-state index in [0.717, 1.165) is 44.3 Å². The molecule has 2 amide bonds. The van der Waals surface area contributed by atoms with Gasteiger partial charge in [-0.25, -0.2) is 0 Å². The molecule has 0 unspecified atom stereocenters. The Balaban J connectivity index is 1.66. The smallest absolute Gasteiger partial charge is 0.259 e. The molecule has 0 radical (unpaired) electrons. The van der Waals surface area contributed by atoms with Gasteiger partial charge in [0, 0.05) is 54.4 Å². The van der Waals surface area contributed by atoms with Crippen molar-refractivity contribution >= 4 is 39.3 Å². The number of hydrogen-bond donors (Lipinski definition) is 1. The molecule has 1 N–H and O–H groups in total. The molecule has 4 heterocycles. The lowest BCUT2D eigenvalue weighted by molar-refractivity contribution is -0.139. The Morgan fingerprint density at radius 3 is 2.87 bits per heavy atom. The molecular weight excluding hydrogens is 388 g/mol. The van der Waals surface area contributed by atoms with Crippen LogP contribution in [0.15, 0.2) is 72.2 Å². The summed E-state index contributed by atoms with van der Waals surface area (Å²) in [4.78, 5) is 31.4. The highest BCUT2D eigenvalue weighted by Crippen LogP contribution is 2.46. The zero-order valence-corrected chi connectivity index (χ0v) is 17.2. The number of aromatic nitrogens is 2. The number of hydrogen-bond acceptors (Lipinski definition) is 4. The van der Waals surface area contributed by atoms with Gasteiger partial charge in [-0.15, -0.1) is 0 Å². The molecule has 152 valence electrons. The van der Waals surface area contributed by atoms with E-state index in [9.17, 15) is 9.59 Å². The van der Waals surface area contributed by atoms with Crippen LogP contribution in [-0.4, -0.2) is 32.8 Å². The molecule has 1 atom stereocenters. The third-order valence-corrected chi connectivity index (χ3v) is 6.39. The normalized spacial score (nSPS) is 17.8. The molecule has 0 saturated carbocycles. The van der Waals surface area contributed by atoms with Gasteiger partial charge in [0.05, 0.1) is 23.2 Å². The number of aryl methyl sites for hydroxylation is 1. The number of carbonyl (C=O) groups is 2. The van der Waals surface area contributed by atoms with E-state index in [-0.39, 0.29) is 24.3 Å². The minimum absolute atomic E-state index is 0.226. The maximum Gasteiger partial charge on any atom is 0.259 e. The lowest BCUT2D eigenvalue weighted by atomic mass is 9.84. The fourth-order valence-corrected chi connectivity index (χ4v) is 4.99. The first-order chi connectivity index (χ1) is 15.0. The number of nitrogens with one attached hydrogen (secondary N) is 1.